The van der Waals surface area contributed by atoms with Crippen LogP contribution >= 0.6 is 10.7 Å². The summed E-state index contributed by atoms with van der Waals surface area (Å²) in [6, 6.07) is 3.76. The summed E-state index contributed by atoms with van der Waals surface area (Å²) < 4.78 is 27.2. The maximum atomic E-state index is 11.0. The van der Waals surface area contributed by atoms with Gasteiger partial charge in [0.25, 0.3) is 0 Å². The molecule has 0 bridgehead atoms. The SMILES string of the molecule is O=S(=O)(Cl)Cc1noc2c1Cc1cccnc1-2. The Labute approximate surface area is 102 Å². The van der Waals surface area contributed by atoms with E-state index in [0.29, 0.717) is 17.9 Å². The van der Waals surface area contributed by atoms with E-state index in [1.807, 2.05) is 12.1 Å². The predicted molar refractivity (Wildman–Crippen MR) is 61.0 cm³/mol. The Morgan fingerprint density at radius 2 is 2.29 bits per heavy atom. The van der Waals surface area contributed by atoms with Crippen molar-refractivity contribution in [2.24, 2.45) is 0 Å². The van der Waals surface area contributed by atoms with Crippen molar-refractivity contribution in [3.05, 3.63) is 35.2 Å². The van der Waals surface area contributed by atoms with Crippen molar-refractivity contribution in [2.45, 2.75) is 12.2 Å². The van der Waals surface area contributed by atoms with Gasteiger partial charge in [0.2, 0.25) is 9.05 Å². The Morgan fingerprint density at radius 1 is 1.47 bits per heavy atom. The van der Waals surface area contributed by atoms with Crippen LogP contribution in [0.25, 0.3) is 11.5 Å². The quantitative estimate of drug-likeness (QED) is 0.663. The van der Waals surface area contributed by atoms with Gasteiger partial charge in [-0.15, -0.1) is 0 Å². The smallest absolute Gasteiger partial charge is 0.238 e. The Bertz CT molecular complexity index is 693. The van der Waals surface area contributed by atoms with Crippen molar-refractivity contribution in [1.29, 1.82) is 0 Å². The lowest BCUT2D eigenvalue weighted by atomic mass is 10.2. The molecule has 0 saturated heterocycles. The molecule has 88 valence electrons. The molecule has 3 rings (SSSR count). The number of hydrogen-bond acceptors (Lipinski definition) is 5. The maximum Gasteiger partial charge on any atom is 0.238 e. The number of pyridine rings is 1. The summed E-state index contributed by atoms with van der Waals surface area (Å²) in [5.74, 6) is 0.234. The summed E-state index contributed by atoms with van der Waals surface area (Å²) in [5.41, 5.74) is 2.88. The van der Waals surface area contributed by atoms with Gasteiger partial charge in [0, 0.05) is 28.9 Å². The Balaban J connectivity index is 2.08. The summed E-state index contributed by atoms with van der Waals surface area (Å²) in [7, 11) is 1.59. The van der Waals surface area contributed by atoms with E-state index in [1.165, 1.54) is 0 Å². The van der Waals surface area contributed by atoms with Crippen LogP contribution < -0.4 is 0 Å². The molecule has 2 aromatic rings. The van der Waals surface area contributed by atoms with Crippen LogP contribution in [0.5, 0.6) is 0 Å². The predicted octanol–water partition coefficient (Wildman–Crippen LogP) is 1.71. The summed E-state index contributed by atoms with van der Waals surface area (Å²) in [6.07, 6.45) is 2.25. The largest absolute Gasteiger partial charge is 0.354 e. The third-order valence-corrected chi connectivity index (χ3v) is 3.60. The molecule has 0 fully saturated rings. The maximum absolute atomic E-state index is 11.0. The average molecular weight is 271 g/mol. The van der Waals surface area contributed by atoms with Crippen LogP contribution in [0.2, 0.25) is 0 Å². The Kier molecular flexibility index (Phi) is 2.24. The number of aromatic nitrogens is 2. The normalized spacial score (nSPS) is 13.5. The molecule has 1 aliphatic carbocycles. The number of nitrogens with zero attached hydrogens (tertiary/aromatic N) is 2. The van der Waals surface area contributed by atoms with Crippen molar-refractivity contribution in [2.75, 3.05) is 0 Å². The van der Waals surface area contributed by atoms with Gasteiger partial charge in [-0.25, -0.2) is 8.42 Å². The zero-order valence-corrected chi connectivity index (χ0v) is 10.1. The second-order valence-electron chi connectivity index (χ2n) is 3.81. The highest BCUT2D eigenvalue weighted by Gasteiger charge is 2.29. The standard InChI is InChI=1S/C10H7ClN2O3S/c11-17(14,15)5-8-7-4-6-2-1-3-12-9(6)10(7)16-13-8/h1-3H,4-5H2. The highest BCUT2D eigenvalue weighted by Crippen LogP contribution is 2.37. The second-order valence-corrected chi connectivity index (χ2v) is 6.58. The molecule has 0 amide bonds. The first kappa shape index (κ1) is 10.7. The van der Waals surface area contributed by atoms with Crippen molar-refractivity contribution in [1.82, 2.24) is 10.1 Å². The molecule has 1 aliphatic rings. The minimum Gasteiger partial charge on any atom is -0.354 e. The fourth-order valence-electron chi connectivity index (χ4n) is 1.96. The molecule has 7 heteroatoms. The minimum absolute atomic E-state index is 0.318. The first-order chi connectivity index (χ1) is 8.04. The molecule has 0 aromatic carbocycles. The van der Waals surface area contributed by atoms with Crippen LogP contribution in [0.4, 0.5) is 0 Å². The molecule has 2 aromatic heterocycles. The van der Waals surface area contributed by atoms with E-state index in [0.717, 1.165) is 16.8 Å². The summed E-state index contributed by atoms with van der Waals surface area (Å²) in [5, 5.41) is 3.74. The summed E-state index contributed by atoms with van der Waals surface area (Å²) in [4.78, 5) is 4.19. The highest BCUT2D eigenvalue weighted by molar-refractivity contribution is 8.13. The molecule has 5 nitrogen and oxygen atoms in total. The number of rotatable bonds is 2. The first-order valence-corrected chi connectivity index (χ1v) is 7.36. The van der Waals surface area contributed by atoms with Crippen LogP contribution in [0, 0.1) is 0 Å². The van der Waals surface area contributed by atoms with Crippen LogP contribution in [0.15, 0.2) is 22.9 Å². The van der Waals surface area contributed by atoms with Gasteiger partial charge in [-0.1, -0.05) is 11.2 Å². The number of fused-ring (bicyclic) bond motifs is 3. The molecule has 0 N–H and O–H groups in total. The van der Waals surface area contributed by atoms with Crippen LogP contribution in [0.3, 0.4) is 0 Å². The van der Waals surface area contributed by atoms with Crippen LogP contribution in [0.1, 0.15) is 16.8 Å². The molecule has 2 heterocycles. The molecule has 0 radical (unpaired) electrons. The fraction of sp³-hybridized carbons (Fsp3) is 0.200. The lowest BCUT2D eigenvalue weighted by Crippen LogP contribution is -1.98. The van der Waals surface area contributed by atoms with Gasteiger partial charge in [-0.3, -0.25) is 4.98 Å². The lowest BCUT2D eigenvalue weighted by Gasteiger charge is -1.95. The third-order valence-electron chi connectivity index (χ3n) is 2.65. The van der Waals surface area contributed by atoms with Crippen LogP contribution in [-0.4, -0.2) is 18.6 Å². The number of halogens is 1. The zero-order chi connectivity index (χ0) is 12.0. The van der Waals surface area contributed by atoms with Crippen molar-refractivity contribution >= 4 is 19.7 Å². The monoisotopic (exact) mass is 270 g/mol. The van der Waals surface area contributed by atoms with E-state index in [-0.39, 0.29) is 5.75 Å². The van der Waals surface area contributed by atoms with Crippen molar-refractivity contribution < 1.29 is 12.9 Å². The molecular weight excluding hydrogens is 264 g/mol. The van der Waals surface area contributed by atoms with Crippen molar-refractivity contribution in [3.63, 3.8) is 0 Å². The van der Waals surface area contributed by atoms with E-state index in [1.54, 1.807) is 6.20 Å². The fourth-order valence-corrected chi connectivity index (χ4v) is 2.83. The summed E-state index contributed by atoms with van der Waals surface area (Å²) >= 11 is 0. The molecule has 0 unspecified atom stereocenters. The lowest BCUT2D eigenvalue weighted by molar-refractivity contribution is 0.425. The van der Waals surface area contributed by atoms with E-state index in [4.69, 9.17) is 15.2 Å². The van der Waals surface area contributed by atoms with E-state index in [9.17, 15) is 8.42 Å². The minimum atomic E-state index is -3.63. The first-order valence-electron chi connectivity index (χ1n) is 4.88. The topological polar surface area (TPSA) is 73.1 Å². The molecule has 0 spiro atoms. The van der Waals surface area contributed by atoms with Crippen LogP contribution in [-0.2, 0) is 21.2 Å². The van der Waals surface area contributed by atoms with E-state index < -0.39 is 9.05 Å². The van der Waals surface area contributed by atoms with E-state index >= 15 is 0 Å². The molecule has 0 atom stereocenters. The van der Waals surface area contributed by atoms with Gasteiger partial charge in [-0.05, 0) is 11.6 Å². The van der Waals surface area contributed by atoms with Gasteiger partial charge in [0.1, 0.15) is 17.1 Å². The van der Waals surface area contributed by atoms with Gasteiger partial charge >= 0.3 is 0 Å². The average Bonchev–Trinajstić information content (AvgIpc) is 2.77. The molecular formula is C10H7ClN2O3S. The number of hydrogen-bond donors (Lipinski definition) is 0. The Hall–Kier alpha value is -1.40. The Morgan fingerprint density at radius 3 is 3.06 bits per heavy atom. The van der Waals surface area contributed by atoms with Gasteiger partial charge in [-0.2, -0.15) is 0 Å². The van der Waals surface area contributed by atoms with Gasteiger partial charge in [0.15, 0.2) is 5.76 Å². The second kappa shape index (κ2) is 3.54. The summed E-state index contributed by atoms with van der Waals surface area (Å²) in [6.45, 7) is 0. The third kappa shape index (κ3) is 1.83. The van der Waals surface area contributed by atoms with Crippen molar-refractivity contribution in [3.8, 4) is 11.5 Å². The molecule has 0 saturated carbocycles. The zero-order valence-electron chi connectivity index (χ0n) is 8.55. The van der Waals surface area contributed by atoms with Gasteiger partial charge < -0.3 is 4.52 Å². The highest BCUT2D eigenvalue weighted by atomic mass is 35.7. The van der Waals surface area contributed by atoms with Gasteiger partial charge in [0.05, 0.1) is 0 Å². The van der Waals surface area contributed by atoms with E-state index in [2.05, 4.69) is 10.1 Å². The molecule has 17 heavy (non-hydrogen) atoms. The molecule has 0 aliphatic heterocycles.